The van der Waals surface area contributed by atoms with E-state index in [2.05, 4.69) is 0 Å². The third-order valence-electron chi connectivity index (χ3n) is 5.72. The summed E-state index contributed by atoms with van der Waals surface area (Å²) in [6.45, 7) is 5.39. The van der Waals surface area contributed by atoms with Crippen LogP contribution in [0.25, 0.3) is 0 Å². The Morgan fingerprint density at radius 3 is 2.25 bits per heavy atom. The van der Waals surface area contributed by atoms with Gasteiger partial charge < -0.3 is 9.57 Å². The van der Waals surface area contributed by atoms with Gasteiger partial charge in [-0.1, -0.05) is 11.6 Å². The van der Waals surface area contributed by atoms with Crippen molar-refractivity contribution >= 4 is 23.3 Å². The van der Waals surface area contributed by atoms with Gasteiger partial charge in [0.15, 0.2) is 5.78 Å². The Bertz CT molecular complexity index is 738. The lowest BCUT2D eigenvalue weighted by Gasteiger charge is -2.41. The van der Waals surface area contributed by atoms with E-state index in [1.54, 1.807) is 31.4 Å². The second kappa shape index (κ2) is 8.47. The van der Waals surface area contributed by atoms with Gasteiger partial charge >= 0.3 is 0 Å². The SMILES string of the molecule is COCCON1C(=O)C(c2c(C)cc(Cl)cc2C)C(=O)C12CCN(OC)CC2. The van der Waals surface area contributed by atoms with E-state index in [1.807, 2.05) is 13.8 Å². The first-order chi connectivity index (χ1) is 13.4. The van der Waals surface area contributed by atoms with Crippen LogP contribution in [0.5, 0.6) is 0 Å². The lowest BCUT2D eigenvalue weighted by molar-refractivity contribution is -0.232. The van der Waals surface area contributed by atoms with Crippen LogP contribution < -0.4 is 0 Å². The minimum Gasteiger partial charge on any atom is -0.382 e. The number of piperidine rings is 1. The first-order valence-corrected chi connectivity index (χ1v) is 9.79. The van der Waals surface area contributed by atoms with Crippen LogP contribution in [0, 0.1) is 13.8 Å². The highest BCUT2D eigenvalue weighted by atomic mass is 35.5. The van der Waals surface area contributed by atoms with Crippen LogP contribution in [0.15, 0.2) is 12.1 Å². The third-order valence-corrected chi connectivity index (χ3v) is 5.94. The lowest BCUT2D eigenvalue weighted by atomic mass is 9.79. The molecule has 0 bridgehead atoms. The second-order valence-electron chi connectivity index (χ2n) is 7.35. The molecule has 1 aromatic carbocycles. The number of aryl methyl sites for hydroxylation is 2. The molecular formula is C20H27ClN2O5. The van der Waals surface area contributed by atoms with E-state index in [1.165, 1.54) is 5.06 Å². The number of methoxy groups -OCH3 is 1. The topological polar surface area (TPSA) is 68.3 Å². The van der Waals surface area contributed by atoms with E-state index in [-0.39, 0.29) is 18.3 Å². The van der Waals surface area contributed by atoms with Crippen LogP contribution in [0.3, 0.4) is 0 Å². The fraction of sp³-hybridized carbons (Fsp3) is 0.600. The summed E-state index contributed by atoms with van der Waals surface area (Å²) in [5, 5.41) is 3.70. The summed E-state index contributed by atoms with van der Waals surface area (Å²) < 4.78 is 5.05. The number of amides is 1. The van der Waals surface area contributed by atoms with Gasteiger partial charge in [-0.2, -0.15) is 5.06 Å². The molecule has 7 nitrogen and oxygen atoms in total. The summed E-state index contributed by atoms with van der Waals surface area (Å²) >= 11 is 6.15. The molecule has 3 rings (SSSR count). The van der Waals surface area contributed by atoms with Gasteiger partial charge in [0.25, 0.3) is 5.91 Å². The number of hydrogen-bond donors (Lipinski definition) is 0. The standard InChI is InChI=1S/C20H27ClN2O5/c1-13-11-15(21)12-14(2)16(13)17-18(24)20(5-7-22(27-4)8-6-20)23(19(17)25)28-10-9-26-3/h11-12,17H,5-10H2,1-4H3. The van der Waals surface area contributed by atoms with E-state index in [4.69, 9.17) is 26.0 Å². The Balaban J connectivity index is 2.00. The molecule has 28 heavy (non-hydrogen) atoms. The summed E-state index contributed by atoms with van der Waals surface area (Å²) in [6.07, 6.45) is 0.918. The number of benzene rings is 1. The van der Waals surface area contributed by atoms with Crippen molar-refractivity contribution in [1.29, 1.82) is 0 Å². The summed E-state index contributed by atoms with van der Waals surface area (Å²) in [6, 6.07) is 3.58. The Labute approximate surface area is 170 Å². The predicted octanol–water partition coefficient (Wildman–Crippen LogP) is 2.43. The number of Topliss-reactive ketones (excluding diaryl/α,β-unsaturated/α-hetero) is 1. The van der Waals surface area contributed by atoms with Crippen LogP contribution in [0.4, 0.5) is 0 Å². The first kappa shape index (κ1) is 21.2. The molecule has 2 aliphatic rings. The van der Waals surface area contributed by atoms with Gasteiger partial charge in [-0.3, -0.25) is 14.4 Å². The highest BCUT2D eigenvalue weighted by molar-refractivity contribution is 6.30. The van der Waals surface area contributed by atoms with Crippen molar-refractivity contribution < 1.29 is 24.0 Å². The number of hydrogen-bond acceptors (Lipinski definition) is 6. The summed E-state index contributed by atoms with van der Waals surface area (Å²) in [5.74, 6) is -1.31. The summed E-state index contributed by atoms with van der Waals surface area (Å²) in [4.78, 5) is 38.1. The normalized spacial score (nSPS) is 22.5. The number of carbonyl (C=O) groups excluding carboxylic acids is 2. The van der Waals surface area contributed by atoms with E-state index >= 15 is 0 Å². The quantitative estimate of drug-likeness (QED) is 0.530. The molecule has 0 saturated carbocycles. The van der Waals surface area contributed by atoms with Crippen molar-refractivity contribution in [1.82, 2.24) is 10.1 Å². The number of halogens is 1. The minimum atomic E-state index is -0.983. The number of carbonyl (C=O) groups is 2. The number of rotatable bonds is 6. The molecule has 0 radical (unpaired) electrons. The number of hydroxylamine groups is 4. The smallest absolute Gasteiger partial charge is 0.262 e. The van der Waals surface area contributed by atoms with Crippen molar-refractivity contribution in [3.8, 4) is 0 Å². The van der Waals surface area contributed by atoms with Crippen molar-refractivity contribution in [2.45, 2.75) is 38.1 Å². The number of nitrogens with zero attached hydrogens (tertiary/aromatic N) is 2. The molecule has 154 valence electrons. The maximum absolute atomic E-state index is 13.7. The average Bonchev–Trinajstić information content (AvgIpc) is 2.84. The summed E-state index contributed by atoms with van der Waals surface area (Å²) in [7, 11) is 3.17. The Morgan fingerprint density at radius 2 is 1.71 bits per heavy atom. The molecule has 2 aliphatic heterocycles. The first-order valence-electron chi connectivity index (χ1n) is 9.41. The Hall–Kier alpha value is -1.51. The number of ether oxygens (including phenoxy) is 1. The zero-order chi connectivity index (χ0) is 20.5. The van der Waals surface area contributed by atoms with Gasteiger partial charge in [-0.15, -0.1) is 0 Å². The van der Waals surface area contributed by atoms with Crippen molar-refractivity contribution in [2.24, 2.45) is 0 Å². The molecule has 0 N–H and O–H groups in total. The van der Waals surface area contributed by atoms with Crippen LogP contribution >= 0.6 is 11.6 Å². The van der Waals surface area contributed by atoms with Gasteiger partial charge in [0.1, 0.15) is 11.5 Å². The molecule has 1 amide bonds. The van der Waals surface area contributed by atoms with Crippen LogP contribution in [-0.4, -0.2) is 67.9 Å². The molecule has 2 heterocycles. The van der Waals surface area contributed by atoms with Gasteiger partial charge in [0, 0.05) is 25.2 Å². The van der Waals surface area contributed by atoms with Crippen LogP contribution in [0.1, 0.15) is 35.4 Å². The molecule has 1 unspecified atom stereocenters. The maximum atomic E-state index is 13.7. The molecule has 1 spiro atoms. The highest BCUT2D eigenvalue weighted by Crippen LogP contribution is 2.45. The molecule has 2 fully saturated rings. The van der Waals surface area contributed by atoms with E-state index < -0.39 is 11.5 Å². The Kier molecular flexibility index (Phi) is 6.41. The van der Waals surface area contributed by atoms with Gasteiger partial charge in [-0.05, 0) is 55.5 Å². The van der Waals surface area contributed by atoms with Gasteiger partial charge in [0.05, 0.1) is 20.3 Å². The van der Waals surface area contributed by atoms with E-state index in [0.717, 1.165) is 16.7 Å². The molecule has 8 heteroatoms. The van der Waals surface area contributed by atoms with E-state index in [0.29, 0.717) is 37.6 Å². The molecular weight excluding hydrogens is 384 g/mol. The molecule has 0 aromatic heterocycles. The zero-order valence-corrected chi connectivity index (χ0v) is 17.5. The zero-order valence-electron chi connectivity index (χ0n) is 16.8. The second-order valence-corrected chi connectivity index (χ2v) is 7.79. The number of ketones is 1. The van der Waals surface area contributed by atoms with E-state index in [9.17, 15) is 9.59 Å². The monoisotopic (exact) mass is 410 g/mol. The fourth-order valence-corrected chi connectivity index (χ4v) is 4.66. The van der Waals surface area contributed by atoms with Crippen molar-refractivity contribution in [3.63, 3.8) is 0 Å². The molecule has 1 aromatic rings. The third kappa shape index (κ3) is 3.57. The minimum absolute atomic E-state index is 0.112. The fourth-order valence-electron chi connectivity index (χ4n) is 4.33. The van der Waals surface area contributed by atoms with Crippen LogP contribution in [-0.2, 0) is 24.0 Å². The predicted molar refractivity (Wildman–Crippen MR) is 104 cm³/mol. The van der Waals surface area contributed by atoms with Gasteiger partial charge in [0.2, 0.25) is 0 Å². The van der Waals surface area contributed by atoms with Crippen molar-refractivity contribution in [3.05, 3.63) is 33.8 Å². The highest BCUT2D eigenvalue weighted by Gasteiger charge is 2.61. The van der Waals surface area contributed by atoms with Gasteiger partial charge in [-0.25, -0.2) is 5.06 Å². The molecule has 1 atom stereocenters. The summed E-state index contributed by atoms with van der Waals surface area (Å²) in [5.41, 5.74) is 1.41. The lowest BCUT2D eigenvalue weighted by Crippen LogP contribution is -2.56. The maximum Gasteiger partial charge on any atom is 0.262 e. The molecule has 0 aliphatic carbocycles. The average molecular weight is 411 g/mol. The Morgan fingerprint density at radius 1 is 1.11 bits per heavy atom. The van der Waals surface area contributed by atoms with Crippen molar-refractivity contribution in [2.75, 3.05) is 40.5 Å². The molecule has 2 saturated heterocycles. The van der Waals surface area contributed by atoms with Crippen LogP contribution in [0.2, 0.25) is 5.02 Å². The largest absolute Gasteiger partial charge is 0.382 e.